The summed E-state index contributed by atoms with van der Waals surface area (Å²) in [6.07, 6.45) is 0.843. The van der Waals surface area contributed by atoms with E-state index in [0.717, 1.165) is 6.42 Å². The summed E-state index contributed by atoms with van der Waals surface area (Å²) in [5.74, 6) is 0.707. The number of hydrogen-bond acceptors (Lipinski definition) is 4. The van der Waals surface area contributed by atoms with Crippen LogP contribution in [0.3, 0.4) is 0 Å². The molecule has 0 saturated heterocycles. The van der Waals surface area contributed by atoms with Gasteiger partial charge in [0.1, 0.15) is 12.4 Å². The summed E-state index contributed by atoms with van der Waals surface area (Å²) < 4.78 is 0. The van der Waals surface area contributed by atoms with Gasteiger partial charge in [-0.25, -0.2) is 0 Å². The number of nitroso groups, excluding NO2 is 1. The number of rotatable bonds is 5. The Morgan fingerprint density at radius 2 is 2.17 bits per heavy atom. The number of amidine groups is 1. The molecule has 5 heteroatoms. The molecule has 0 aromatic heterocycles. The van der Waals surface area contributed by atoms with Crippen LogP contribution >= 0.6 is 0 Å². The lowest BCUT2D eigenvalue weighted by Crippen LogP contribution is -2.25. The monoisotopic (exact) mass is 172 g/mol. The van der Waals surface area contributed by atoms with E-state index in [1.807, 2.05) is 14.1 Å². The van der Waals surface area contributed by atoms with Gasteiger partial charge in [0.2, 0.25) is 0 Å². The van der Waals surface area contributed by atoms with Crippen LogP contribution in [0.25, 0.3) is 0 Å². The van der Waals surface area contributed by atoms with Gasteiger partial charge in [-0.2, -0.15) is 4.91 Å². The van der Waals surface area contributed by atoms with E-state index in [2.05, 4.69) is 10.2 Å². The van der Waals surface area contributed by atoms with Crippen molar-refractivity contribution in [3.05, 3.63) is 4.91 Å². The SMILES string of the molecule is CN(C)C(CN=O)=NCCCN. The van der Waals surface area contributed by atoms with Crippen LogP contribution in [-0.4, -0.2) is 44.5 Å². The molecule has 0 amide bonds. The van der Waals surface area contributed by atoms with Crippen molar-refractivity contribution < 1.29 is 0 Å². The first-order valence-corrected chi connectivity index (χ1v) is 3.92. The van der Waals surface area contributed by atoms with E-state index in [1.54, 1.807) is 4.90 Å². The van der Waals surface area contributed by atoms with Gasteiger partial charge in [0, 0.05) is 20.6 Å². The molecule has 0 aliphatic rings. The Morgan fingerprint density at radius 3 is 2.58 bits per heavy atom. The first kappa shape index (κ1) is 11.0. The number of aliphatic imine (C=N–C) groups is 1. The van der Waals surface area contributed by atoms with Gasteiger partial charge < -0.3 is 10.6 Å². The molecule has 0 heterocycles. The van der Waals surface area contributed by atoms with Crippen LogP contribution in [-0.2, 0) is 0 Å². The fourth-order valence-electron chi connectivity index (χ4n) is 0.690. The molecule has 0 spiro atoms. The van der Waals surface area contributed by atoms with Crippen LogP contribution in [0.2, 0.25) is 0 Å². The van der Waals surface area contributed by atoms with Crippen LogP contribution in [0.15, 0.2) is 10.2 Å². The van der Waals surface area contributed by atoms with Crippen LogP contribution in [0, 0.1) is 4.91 Å². The molecule has 2 N–H and O–H groups in total. The Labute approximate surface area is 72.6 Å². The summed E-state index contributed by atoms with van der Waals surface area (Å²) >= 11 is 0. The molecule has 0 aliphatic heterocycles. The van der Waals surface area contributed by atoms with Gasteiger partial charge in [-0.15, -0.1) is 0 Å². The lowest BCUT2D eigenvalue weighted by molar-refractivity contribution is 0.605. The van der Waals surface area contributed by atoms with Crippen molar-refractivity contribution in [3.8, 4) is 0 Å². The molecule has 0 saturated carbocycles. The Bertz CT molecular complexity index is 155. The summed E-state index contributed by atoms with van der Waals surface area (Å²) in [5, 5.41) is 2.78. The minimum absolute atomic E-state index is 0.136. The quantitative estimate of drug-likeness (QED) is 0.276. The zero-order valence-electron chi connectivity index (χ0n) is 7.66. The molecule has 0 atom stereocenters. The van der Waals surface area contributed by atoms with Gasteiger partial charge in [0.25, 0.3) is 0 Å². The van der Waals surface area contributed by atoms with Crippen molar-refractivity contribution in [1.29, 1.82) is 0 Å². The maximum atomic E-state index is 9.97. The fraction of sp³-hybridized carbons (Fsp3) is 0.857. The Morgan fingerprint density at radius 1 is 1.50 bits per heavy atom. The molecule has 0 aromatic rings. The average molecular weight is 172 g/mol. The molecule has 70 valence electrons. The summed E-state index contributed by atoms with van der Waals surface area (Å²) in [5.41, 5.74) is 5.30. The van der Waals surface area contributed by atoms with Gasteiger partial charge in [0.15, 0.2) is 0 Å². The molecule has 0 aromatic carbocycles. The van der Waals surface area contributed by atoms with Gasteiger partial charge in [-0.3, -0.25) is 4.99 Å². The largest absolute Gasteiger partial charge is 0.365 e. The second kappa shape index (κ2) is 6.72. The average Bonchev–Trinajstić information content (AvgIpc) is 2.03. The Kier molecular flexibility index (Phi) is 6.18. The maximum Gasteiger partial charge on any atom is 0.138 e. The highest BCUT2D eigenvalue weighted by Gasteiger charge is 1.99. The Hall–Kier alpha value is -0.970. The second-order valence-corrected chi connectivity index (χ2v) is 2.62. The summed E-state index contributed by atoms with van der Waals surface area (Å²) in [6, 6.07) is 0. The third-order valence-electron chi connectivity index (χ3n) is 1.38. The van der Waals surface area contributed by atoms with Crippen molar-refractivity contribution in [3.63, 3.8) is 0 Å². The fourth-order valence-corrected chi connectivity index (χ4v) is 0.690. The van der Waals surface area contributed by atoms with E-state index >= 15 is 0 Å². The smallest absolute Gasteiger partial charge is 0.138 e. The predicted octanol–water partition coefficient (Wildman–Crippen LogP) is 0.0617. The number of hydrogen-bond donors (Lipinski definition) is 1. The Balaban J connectivity index is 3.90. The maximum absolute atomic E-state index is 9.97. The molecule has 12 heavy (non-hydrogen) atoms. The predicted molar refractivity (Wildman–Crippen MR) is 50.3 cm³/mol. The summed E-state index contributed by atoms with van der Waals surface area (Å²) in [4.78, 5) is 15.9. The molecule has 0 bridgehead atoms. The number of nitrogens with two attached hydrogens (primary N) is 1. The molecule has 0 aliphatic carbocycles. The van der Waals surface area contributed by atoms with E-state index in [0.29, 0.717) is 18.9 Å². The summed E-state index contributed by atoms with van der Waals surface area (Å²) in [6.45, 7) is 1.43. The molecular formula is C7H16N4O. The van der Waals surface area contributed by atoms with Crippen LogP contribution in [0.5, 0.6) is 0 Å². The van der Waals surface area contributed by atoms with E-state index in [4.69, 9.17) is 5.73 Å². The topological polar surface area (TPSA) is 71.0 Å². The van der Waals surface area contributed by atoms with Gasteiger partial charge >= 0.3 is 0 Å². The normalized spacial score (nSPS) is 11.4. The minimum Gasteiger partial charge on any atom is -0.365 e. The zero-order valence-corrected chi connectivity index (χ0v) is 7.66. The summed E-state index contributed by atoms with van der Waals surface area (Å²) in [7, 11) is 3.68. The standard InChI is InChI=1S/C7H16N4O/c1-11(2)7(6-10-12)9-5-3-4-8/h3-6,8H2,1-2H3. The van der Waals surface area contributed by atoms with Crippen LogP contribution in [0.1, 0.15) is 6.42 Å². The van der Waals surface area contributed by atoms with Gasteiger partial charge in [-0.1, -0.05) is 5.18 Å². The molecule has 0 radical (unpaired) electrons. The van der Waals surface area contributed by atoms with Crippen molar-refractivity contribution >= 4 is 5.84 Å². The van der Waals surface area contributed by atoms with Crippen molar-refractivity contribution in [2.24, 2.45) is 15.9 Å². The molecular weight excluding hydrogens is 156 g/mol. The van der Waals surface area contributed by atoms with Crippen molar-refractivity contribution in [2.75, 3.05) is 33.7 Å². The first-order chi connectivity index (χ1) is 5.72. The number of nitrogens with zero attached hydrogens (tertiary/aromatic N) is 3. The van der Waals surface area contributed by atoms with Gasteiger partial charge in [-0.05, 0) is 13.0 Å². The third-order valence-corrected chi connectivity index (χ3v) is 1.38. The van der Waals surface area contributed by atoms with Gasteiger partial charge in [0.05, 0.1) is 0 Å². The molecule has 0 unspecified atom stereocenters. The van der Waals surface area contributed by atoms with E-state index in [1.165, 1.54) is 0 Å². The van der Waals surface area contributed by atoms with E-state index in [-0.39, 0.29) is 6.54 Å². The highest BCUT2D eigenvalue weighted by Crippen LogP contribution is 1.87. The molecule has 0 fully saturated rings. The highest BCUT2D eigenvalue weighted by molar-refractivity contribution is 5.83. The van der Waals surface area contributed by atoms with Crippen LogP contribution in [0.4, 0.5) is 0 Å². The lowest BCUT2D eigenvalue weighted by Gasteiger charge is -2.12. The molecule has 5 nitrogen and oxygen atoms in total. The van der Waals surface area contributed by atoms with E-state index in [9.17, 15) is 4.91 Å². The van der Waals surface area contributed by atoms with Crippen molar-refractivity contribution in [1.82, 2.24) is 4.90 Å². The lowest BCUT2D eigenvalue weighted by atomic mass is 10.4. The van der Waals surface area contributed by atoms with E-state index < -0.39 is 0 Å². The third kappa shape index (κ3) is 4.79. The minimum atomic E-state index is 0.136. The zero-order chi connectivity index (χ0) is 9.40. The van der Waals surface area contributed by atoms with Crippen LogP contribution < -0.4 is 5.73 Å². The highest BCUT2D eigenvalue weighted by atomic mass is 16.3. The van der Waals surface area contributed by atoms with Crippen molar-refractivity contribution in [2.45, 2.75) is 6.42 Å². The number of likely N-dealkylation sites (N-methyl/N-ethyl adjacent to an activating group) is 1. The molecule has 0 rings (SSSR count). The first-order valence-electron chi connectivity index (χ1n) is 3.92. The second-order valence-electron chi connectivity index (χ2n) is 2.62.